The monoisotopic (exact) mass is 271 g/mol. The molecule has 1 N–H and O–H groups in total. The number of carbonyl (C=O) groups excluding carboxylic acids is 1. The Morgan fingerprint density at radius 3 is 2.83 bits per heavy atom. The molecule has 0 atom stereocenters. The molecule has 1 amide bonds. The molecule has 18 heavy (non-hydrogen) atoms. The quantitative estimate of drug-likeness (QED) is 0.858. The van der Waals surface area contributed by atoms with Crippen molar-refractivity contribution < 1.29 is 9.53 Å². The molecular weight excluding hydrogens is 254 g/mol. The van der Waals surface area contributed by atoms with Gasteiger partial charge in [0.15, 0.2) is 0 Å². The Bertz CT molecular complexity index is 412. The highest BCUT2D eigenvalue weighted by atomic mass is 35.5. The average Bonchev–Trinajstić information content (AvgIpc) is 2.39. The molecule has 1 aromatic heterocycles. The van der Waals surface area contributed by atoms with Crippen LogP contribution in [0.5, 0.6) is 0 Å². The molecule has 0 saturated heterocycles. The van der Waals surface area contributed by atoms with Gasteiger partial charge < -0.3 is 15.0 Å². The van der Waals surface area contributed by atoms with Crippen molar-refractivity contribution in [2.24, 2.45) is 0 Å². The third kappa shape index (κ3) is 3.58. The highest BCUT2D eigenvalue weighted by Gasteiger charge is 2.15. The number of nitrogens with zero attached hydrogens (tertiary/aromatic N) is 2. The number of carbonyl (C=O) groups is 1. The van der Waals surface area contributed by atoms with Crippen LogP contribution >= 0.6 is 11.6 Å². The molecule has 0 aliphatic rings. The predicted octanol–water partition coefficient (Wildman–Crippen LogP) is 1.89. The van der Waals surface area contributed by atoms with E-state index in [2.05, 4.69) is 10.3 Å². The SMILES string of the molecule is CCN(CCOC)C(=O)c1cnc(NC)c(Cl)c1. The number of halogens is 1. The number of rotatable bonds is 6. The Hall–Kier alpha value is -1.33. The largest absolute Gasteiger partial charge is 0.383 e. The lowest BCUT2D eigenvalue weighted by Crippen LogP contribution is -2.33. The molecule has 0 aliphatic carbocycles. The first-order valence-corrected chi connectivity index (χ1v) is 6.13. The third-order valence-corrected chi connectivity index (χ3v) is 2.85. The van der Waals surface area contributed by atoms with Gasteiger partial charge in [0, 0.05) is 33.4 Å². The van der Waals surface area contributed by atoms with Crippen molar-refractivity contribution in [3.05, 3.63) is 22.8 Å². The molecule has 0 fully saturated rings. The maximum absolute atomic E-state index is 12.2. The molecule has 0 radical (unpaired) electrons. The van der Waals surface area contributed by atoms with E-state index in [1.807, 2.05) is 6.92 Å². The summed E-state index contributed by atoms with van der Waals surface area (Å²) in [5, 5.41) is 3.29. The summed E-state index contributed by atoms with van der Waals surface area (Å²) in [4.78, 5) is 18.0. The highest BCUT2D eigenvalue weighted by molar-refractivity contribution is 6.33. The van der Waals surface area contributed by atoms with Gasteiger partial charge in [0.2, 0.25) is 0 Å². The number of nitrogens with one attached hydrogen (secondary N) is 1. The fourth-order valence-corrected chi connectivity index (χ4v) is 1.79. The average molecular weight is 272 g/mol. The number of aromatic nitrogens is 1. The van der Waals surface area contributed by atoms with Gasteiger partial charge in [-0.2, -0.15) is 0 Å². The van der Waals surface area contributed by atoms with Crippen LogP contribution in [0.15, 0.2) is 12.3 Å². The fourth-order valence-electron chi connectivity index (χ4n) is 1.53. The highest BCUT2D eigenvalue weighted by Crippen LogP contribution is 2.20. The van der Waals surface area contributed by atoms with E-state index in [4.69, 9.17) is 16.3 Å². The third-order valence-electron chi connectivity index (χ3n) is 2.56. The van der Waals surface area contributed by atoms with Gasteiger partial charge in [-0.25, -0.2) is 4.98 Å². The number of pyridine rings is 1. The normalized spacial score (nSPS) is 10.2. The Balaban J connectivity index is 2.84. The number of ether oxygens (including phenoxy) is 1. The zero-order valence-electron chi connectivity index (χ0n) is 10.9. The van der Waals surface area contributed by atoms with Gasteiger partial charge in [-0.3, -0.25) is 4.79 Å². The van der Waals surface area contributed by atoms with E-state index in [0.29, 0.717) is 36.1 Å². The zero-order valence-corrected chi connectivity index (χ0v) is 11.6. The first-order chi connectivity index (χ1) is 8.63. The van der Waals surface area contributed by atoms with Gasteiger partial charge in [0.25, 0.3) is 5.91 Å². The van der Waals surface area contributed by atoms with Gasteiger partial charge in [-0.15, -0.1) is 0 Å². The second kappa shape index (κ2) is 7.18. The van der Waals surface area contributed by atoms with E-state index in [1.54, 1.807) is 25.1 Å². The maximum Gasteiger partial charge on any atom is 0.255 e. The molecule has 100 valence electrons. The van der Waals surface area contributed by atoms with E-state index < -0.39 is 0 Å². The standard InChI is InChI=1S/C12H18ClN3O2/c1-4-16(5-6-18-3)12(17)9-7-10(13)11(14-2)15-8-9/h7-8H,4-6H2,1-3H3,(H,14,15). The van der Waals surface area contributed by atoms with Crippen molar-refractivity contribution in [2.45, 2.75) is 6.92 Å². The maximum atomic E-state index is 12.2. The summed E-state index contributed by atoms with van der Waals surface area (Å²) in [5.74, 6) is 0.472. The Morgan fingerprint density at radius 2 is 2.33 bits per heavy atom. The van der Waals surface area contributed by atoms with E-state index in [9.17, 15) is 4.79 Å². The van der Waals surface area contributed by atoms with Crippen molar-refractivity contribution in [1.29, 1.82) is 0 Å². The molecule has 1 rings (SSSR count). The fraction of sp³-hybridized carbons (Fsp3) is 0.500. The van der Waals surface area contributed by atoms with E-state index in [-0.39, 0.29) is 5.91 Å². The van der Waals surface area contributed by atoms with Crippen LogP contribution in [0.25, 0.3) is 0 Å². The Labute approximate surface area is 112 Å². The molecule has 1 aromatic rings. The molecule has 0 unspecified atom stereocenters. The number of hydrogen-bond acceptors (Lipinski definition) is 4. The summed E-state index contributed by atoms with van der Waals surface area (Å²) >= 11 is 6.01. The topological polar surface area (TPSA) is 54.5 Å². The molecule has 0 spiro atoms. The number of likely N-dealkylation sites (N-methyl/N-ethyl adjacent to an activating group) is 1. The summed E-state index contributed by atoms with van der Waals surface area (Å²) in [6.07, 6.45) is 1.52. The van der Waals surface area contributed by atoms with Crippen molar-refractivity contribution in [3.63, 3.8) is 0 Å². The lowest BCUT2D eigenvalue weighted by molar-refractivity contribution is 0.0706. The second-order valence-corrected chi connectivity index (χ2v) is 4.09. The zero-order chi connectivity index (χ0) is 13.5. The minimum absolute atomic E-state index is 0.0911. The molecular formula is C12H18ClN3O2. The molecule has 6 heteroatoms. The molecule has 0 bridgehead atoms. The number of amides is 1. The Morgan fingerprint density at radius 1 is 1.61 bits per heavy atom. The Kier molecular flexibility index (Phi) is 5.88. The molecule has 0 saturated carbocycles. The van der Waals surface area contributed by atoms with Crippen molar-refractivity contribution in [3.8, 4) is 0 Å². The van der Waals surface area contributed by atoms with Crippen LogP contribution in [0.3, 0.4) is 0 Å². The second-order valence-electron chi connectivity index (χ2n) is 3.68. The van der Waals surface area contributed by atoms with E-state index in [0.717, 1.165) is 0 Å². The van der Waals surface area contributed by atoms with Crippen LogP contribution in [0.2, 0.25) is 5.02 Å². The van der Waals surface area contributed by atoms with E-state index in [1.165, 1.54) is 6.20 Å². The summed E-state index contributed by atoms with van der Waals surface area (Å²) in [6.45, 7) is 3.60. The van der Waals surface area contributed by atoms with Gasteiger partial charge in [-0.05, 0) is 13.0 Å². The molecule has 0 aromatic carbocycles. The number of anilines is 1. The molecule has 1 heterocycles. The van der Waals surface area contributed by atoms with Crippen LogP contribution in [-0.4, -0.2) is 49.6 Å². The van der Waals surface area contributed by atoms with Crippen LogP contribution < -0.4 is 5.32 Å². The lowest BCUT2D eigenvalue weighted by Gasteiger charge is -2.20. The predicted molar refractivity (Wildman–Crippen MR) is 72.2 cm³/mol. The summed E-state index contributed by atoms with van der Waals surface area (Å²) in [7, 11) is 3.34. The van der Waals surface area contributed by atoms with E-state index >= 15 is 0 Å². The number of hydrogen-bond donors (Lipinski definition) is 1. The lowest BCUT2D eigenvalue weighted by atomic mass is 10.2. The first-order valence-electron chi connectivity index (χ1n) is 5.75. The number of methoxy groups -OCH3 is 1. The van der Waals surface area contributed by atoms with Gasteiger partial charge in [0.05, 0.1) is 17.2 Å². The smallest absolute Gasteiger partial charge is 0.255 e. The summed E-state index contributed by atoms with van der Waals surface area (Å²) in [6, 6.07) is 1.62. The van der Waals surface area contributed by atoms with Gasteiger partial charge in [0.1, 0.15) is 5.82 Å². The van der Waals surface area contributed by atoms with Crippen LogP contribution in [0, 0.1) is 0 Å². The van der Waals surface area contributed by atoms with Crippen LogP contribution in [0.1, 0.15) is 17.3 Å². The molecule has 0 aliphatic heterocycles. The minimum atomic E-state index is -0.0911. The van der Waals surface area contributed by atoms with Crippen molar-refractivity contribution in [2.75, 3.05) is 39.2 Å². The van der Waals surface area contributed by atoms with Gasteiger partial charge >= 0.3 is 0 Å². The summed E-state index contributed by atoms with van der Waals surface area (Å²) < 4.78 is 4.97. The van der Waals surface area contributed by atoms with Crippen LogP contribution in [-0.2, 0) is 4.74 Å². The molecule has 5 nitrogen and oxygen atoms in total. The minimum Gasteiger partial charge on any atom is -0.383 e. The van der Waals surface area contributed by atoms with Crippen LogP contribution in [0.4, 0.5) is 5.82 Å². The van der Waals surface area contributed by atoms with Gasteiger partial charge in [-0.1, -0.05) is 11.6 Å². The van der Waals surface area contributed by atoms with Crippen molar-refractivity contribution in [1.82, 2.24) is 9.88 Å². The first kappa shape index (κ1) is 14.7. The van der Waals surface area contributed by atoms with Crippen molar-refractivity contribution >= 4 is 23.3 Å². The summed E-state index contributed by atoms with van der Waals surface area (Å²) in [5.41, 5.74) is 0.483.